The predicted octanol–water partition coefficient (Wildman–Crippen LogP) is 4.48. The van der Waals surface area contributed by atoms with Crippen molar-refractivity contribution in [2.24, 2.45) is 0 Å². The number of hydrogen-bond acceptors (Lipinski definition) is 2. The molecule has 0 unspecified atom stereocenters. The fourth-order valence-electron chi connectivity index (χ4n) is 1.90. The third kappa shape index (κ3) is 1.99. The quantitative estimate of drug-likeness (QED) is 0.640. The third-order valence-corrected chi connectivity index (χ3v) is 3.38. The van der Waals surface area contributed by atoms with Crippen molar-refractivity contribution < 1.29 is 0 Å². The molecule has 3 rings (SSSR count). The van der Waals surface area contributed by atoms with E-state index < -0.39 is 0 Å². The molecular weight excluding hydrogens is 226 g/mol. The van der Waals surface area contributed by atoms with Crippen LogP contribution in [0.5, 0.6) is 0 Å². The number of thiophene rings is 1. The number of pyridine rings is 1. The van der Waals surface area contributed by atoms with Gasteiger partial charge in [0.1, 0.15) is 0 Å². The first kappa shape index (κ1) is 10.2. The van der Waals surface area contributed by atoms with E-state index in [0.29, 0.717) is 0 Å². The number of benzene rings is 1. The topological polar surface area (TPSA) is 12.9 Å². The Labute approximate surface area is 104 Å². The summed E-state index contributed by atoms with van der Waals surface area (Å²) >= 11 is 1.72. The van der Waals surface area contributed by atoms with Gasteiger partial charge in [0, 0.05) is 11.8 Å². The molecule has 82 valence electrons. The first-order valence-electron chi connectivity index (χ1n) is 5.48. The maximum atomic E-state index is 4.42. The summed E-state index contributed by atoms with van der Waals surface area (Å²) in [5, 5.41) is 4.27. The van der Waals surface area contributed by atoms with Crippen molar-refractivity contribution in [3.63, 3.8) is 0 Å². The van der Waals surface area contributed by atoms with E-state index in [-0.39, 0.29) is 0 Å². The molecule has 0 aliphatic heterocycles. The Morgan fingerprint density at radius 3 is 2.35 bits per heavy atom. The number of hydrogen-bond donors (Lipinski definition) is 0. The summed E-state index contributed by atoms with van der Waals surface area (Å²) < 4.78 is 0. The lowest BCUT2D eigenvalue weighted by Crippen LogP contribution is -1.85. The Hall–Kier alpha value is -1.93. The first-order chi connectivity index (χ1) is 8.45. The SMILES string of the molecule is c1ccc(-c2ccccc2-c2ccsc2)nc1. The average Bonchev–Trinajstić information content (AvgIpc) is 2.94. The summed E-state index contributed by atoms with van der Waals surface area (Å²) in [6, 6.07) is 16.5. The van der Waals surface area contributed by atoms with E-state index in [0.717, 1.165) is 5.69 Å². The molecule has 0 atom stereocenters. The van der Waals surface area contributed by atoms with Gasteiger partial charge in [-0.2, -0.15) is 11.3 Å². The highest BCUT2D eigenvalue weighted by Crippen LogP contribution is 2.31. The molecule has 0 aliphatic carbocycles. The van der Waals surface area contributed by atoms with E-state index in [1.54, 1.807) is 11.3 Å². The molecule has 1 aromatic carbocycles. The lowest BCUT2D eigenvalue weighted by molar-refractivity contribution is 1.33. The number of nitrogens with zero attached hydrogens (tertiary/aromatic N) is 1. The Morgan fingerprint density at radius 2 is 1.65 bits per heavy atom. The molecule has 0 fully saturated rings. The van der Waals surface area contributed by atoms with Crippen LogP contribution in [0.2, 0.25) is 0 Å². The Morgan fingerprint density at radius 1 is 0.824 bits per heavy atom. The predicted molar refractivity (Wildman–Crippen MR) is 73.0 cm³/mol. The van der Waals surface area contributed by atoms with Crippen molar-refractivity contribution in [1.82, 2.24) is 4.98 Å². The summed E-state index contributed by atoms with van der Waals surface area (Å²) in [5.74, 6) is 0. The van der Waals surface area contributed by atoms with Gasteiger partial charge in [0.05, 0.1) is 5.69 Å². The van der Waals surface area contributed by atoms with E-state index in [1.807, 2.05) is 24.4 Å². The minimum Gasteiger partial charge on any atom is -0.256 e. The fourth-order valence-corrected chi connectivity index (χ4v) is 2.55. The van der Waals surface area contributed by atoms with Gasteiger partial charge in [0.25, 0.3) is 0 Å². The van der Waals surface area contributed by atoms with E-state index in [9.17, 15) is 0 Å². The van der Waals surface area contributed by atoms with Crippen LogP contribution in [0, 0.1) is 0 Å². The van der Waals surface area contributed by atoms with Gasteiger partial charge < -0.3 is 0 Å². The molecular formula is C15H11NS. The van der Waals surface area contributed by atoms with Crippen LogP contribution in [0.1, 0.15) is 0 Å². The van der Waals surface area contributed by atoms with E-state index in [2.05, 4.69) is 46.1 Å². The first-order valence-corrected chi connectivity index (χ1v) is 6.42. The van der Waals surface area contributed by atoms with Gasteiger partial charge in [-0.3, -0.25) is 4.98 Å². The van der Waals surface area contributed by atoms with Crippen LogP contribution in [-0.4, -0.2) is 4.98 Å². The molecule has 0 spiro atoms. The maximum absolute atomic E-state index is 4.42. The zero-order valence-electron chi connectivity index (χ0n) is 9.21. The molecule has 2 heteroatoms. The summed E-state index contributed by atoms with van der Waals surface area (Å²) in [7, 11) is 0. The molecule has 2 aromatic heterocycles. The van der Waals surface area contributed by atoms with Crippen molar-refractivity contribution in [3.05, 3.63) is 65.5 Å². The van der Waals surface area contributed by atoms with E-state index >= 15 is 0 Å². The van der Waals surface area contributed by atoms with Gasteiger partial charge in [-0.25, -0.2) is 0 Å². The van der Waals surface area contributed by atoms with Gasteiger partial charge in [-0.1, -0.05) is 30.3 Å². The van der Waals surface area contributed by atoms with Crippen LogP contribution in [-0.2, 0) is 0 Å². The summed E-state index contributed by atoms with van der Waals surface area (Å²) in [4.78, 5) is 4.42. The molecule has 1 nitrogen and oxygen atoms in total. The standard InChI is InChI=1S/C15H11NS/c1-2-6-14(15-7-3-4-9-16-15)13(5-1)12-8-10-17-11-12/h1-11H. The minimum absolute atomic E-state index is 1.02. The lowest BCUT2D eigenvalue weighted by Gasteiger charge is -2.07. The third-order valence-electron chi connectivity index (χ3n) is 2.70. The minimum atomic E-state index is 1.02. The highest BCUT2D eigenvalue weighted by molar-refractivity contribution is 7.08. The zero-order chi connectivity index (χ0) is 11.5. The van der Waals surface area contributed by atoms with Crippen LogP contribution in [0.4, 0.5) is 0 Å². The molecule has 0 saturated heterocycles. The van der Waals surface area contributed by atoms with Crippen LogP contribution in [0.3, 0.4) is 0 Å². The van der Waals surface area contributed by atoms with Crippen molar-refractivity contribution in [2.45, 2.75) is 0 Å². The molecule has 0 saturated carbocycles. The van der Waals surface area contributed by atoms with Gasteiger partial charge >= 0.3 is 0 Å². The summed E-state index contributed by atoms with van der Waals surface area (Å²) in [6.07, 6.45) is 1.83. The van der Waals surface area contributed by atoms with Crippen LogP contribution < -0.4 is 0 Å². The van der Waals surface area contributed by atoms with Gasteiger partial charge in [0.15, 0.2) is 0 Å². The molecule has 0 aliphatic rings. The largest absolute Gasteiger partial charge is 0.256 e. The van der Waals surface area contributed by atoms with Crippen molar-refractivity contribution in [3.8, 4) is 22.4 Å². The molecule has 0 amide bonds. The Bertz CT molecular complexity index is 600. The van der Waals surface area contributed by atoms with Crippen molar-refractivity contribution >= 4 is 11.3 Å². The number of rotatable bonds is 2. The second kappa shape index (κ2) is 4.52. The second-order valence-corrected chi connectivity index (χ2v) is 4.55. The highest BCUT2D eigenvalue weighted by Gasteiger charge is 2.07. The van der Waals surface area contributed by atoms with Crippen molar-refractivity contribution in [2.75, 3.05) is 0 Å². The second-order valence-electron chi connectivity index (χ2n) is 3.77. The molecule has 0 radical (unpaired) electrons. The van der Waals surface area contributed by atoms with Crippen molar-refractivity contribution in [1.29, 1.82) is 0 Å². The zero-order valence-corrected chi connectivity index (χ0v) is 10.0. The maximum Gasteiger partial charge on any atom is 0.0708 e. The normalized spacial score (nSPS) is 10.4. The van der Waals surface area contributed by atoms with Crippen LogP contribution >= 0.6 is 11.3 Å². The fraction of sp³-hybridized carbons (Fsp3) is 0. The Balaban J connectivity index is 2.18. The molecule has 0 N–H and O–H groups in total. The molecule has 2 heterocycles. The van der Waals surface area contributed by atoms with Crippen LogP contribution in [0.25, 0.3) is 22.4 Å². The molecule has 3 aromatic rings. The van der Waals surface area contributed by atoms with Crippen LogP contribution in [0.15, 0.2) is 65.5 Å². The number of aromatic nitrogens is 1. The van der Waals surface area contributed by atoms with Gasteiger partial charge in [0.2, 0.25) is 0 Å². The average molecular weight is 237 g/mol. The highest BCUT2D eigenvalue weighted by atomic mass is 32.1. The van der Waals surface area contributed by atoms with E-state index in [4.69, 9.17) is 0 Å². The van der Waals surface area contributed by atoms with Gasteiger partial charge in [-0.05, 0) is 40.1 Å². The van der Waals surface area contributed by atoms with Gasteiger partial charge in [-0.15, -0.1) is 0 Å². The molecule has 0 bridgehead atoms. The Kier molecular flexibility index (Phi) is 2.72. The summed E-state index contributed by atoms with van der Waals surface area (Å²) in [5.41, 5.74) is 4.71. The van der Waals surface area contributed by atoms with E-state index in [1.165, 1.54) is 16.7 Å². The smallest absolute Gasteiger partial charge is 0.0708 e. The summed E-state index contributed by atoms with van der Waals surface area (Å²) in [6.45, 7) is 0. The monoisotopic (exact) mass is 237 g/mol. The molecule has 17 heavy (non-hydrogen) atoms. The lowest BCUT2D eigenvalue weighted by atomic mass is 9.99.